The molecule has 0 fully saturated rings. The first-order valence-corrected chi connectivity index (χ1v) is 5.51. The number of H-pyrrole nitrogens is 1. The van der Waals surface area contributed by atoms with Crippen molar-refractivity contribution in [1.82, 2.24) is 19.9 Å². The van der Waals surface area contributed by atoms with E-state index in [1.807, 2.05) is 0 Å². The smallest absolute Gasteiger partial charge is 0.263 e. The number of pyridine rings is 1. The molecule has 1 unspecified atom stereocenters. The third kappa shape index (κ3) is 1.35. The van der Waals surface area contributed by atoms with E-state index >= 15 is 0 Å². The molecule has 2 aromatic heterocycles. The second kappa shape index (κ2) is 3.76. The summed E-state index contributed by atoms with van der Waals surface area (Å²) in [6, 6.07) is 1.14. The van der Waals surface area contributed by atoms with Crippen molar-refractivity contribution < 1.29 is 9.59 Å². The maximum absolute atomic E-state index is 12.2. The topological polar surface area (TPSA) is 79.0 Å². The number of amides is 2. The Labute approximate surface area is 103 Å². The van der Waals surface area contributed by atoms with Gasteiger partial charge >= 0.3 is 0 Å². The first-order valence-electron chi connectivity index (χ1n) is 5.51. The van der Waals surface area contributed by atoms with Crippen LogP contribution in [0.4, 0.5) is 0 Å². The van der Waals surface area contributed by atoms with Gasteiger partial charge in [0, 0.05) is 24.8 Å². The fraction of sp³-hybridized carbons (Fsp3) is 0.167. The number of fused-ring (bicyclic) bond motifs is 1. The maximum Gasteiger partial charge on any atom is 0.263 e. The predicted octanol–water partition coefficient (Wildman–Crippen LogP) is 1.16. The van der Waals surface area contributed by atoms with Gasteiger partial charge in [0.1, 0.15) is 5.82 Å². The van der Waals surface area contributed by atoms with Gasteiger partial charge < -0.3 is 4.98 Å². The standard InChI is InChI=1S/C12H10N4O2/c1-7(10-14-4-5-15-10)16-11(17)8-2-3-13-6-9(8)12(16)18/h2-7H,1H3,(H,14,15). The molecule has 0 saturated heterocycles. The Balaban J connectivity index is 2.02. The molecule has 90 valence electrons. The second-order valence-corrected chi connectivity index (χ2v) is 4.05. The van der Waals surface area contributed by atoms with Crippen LogP contribution in [0.2, 0.25) is 0 Å². The van der Waals surface area contributed by atoms with Crippen molar-refractivity contribution in [2.45, 2.75) is 13.0 Å². The monoisotopic (exact) mass is 242 g/mol. The Morgan fingerprint density at radius 1 is 1.22 bits per heavy atom. The lowest BCUT2D eigenvalue weighted by atomic mass is 10.2. The van der Waals surface area contributed by atoms with E-state index in [2.05, 4.69) is 15.0 Å². The number of imide groups is 1. The average molecular weight is 242 g/mol. The van der Waals surface area contributed by atoms with Gasteiger partial charge in [0.15, 0.2) is 0 Å². The zero-order chi connectivity index (χ0) is 12.7. The molecule has 18 heavy (non-hydrogen) atoms. The van der Waals surface area contributed by atoms with Gasteiger partial charge in [-0.25, -0.2) is 4.98 Å². The van der Waals surface area contributed by atoms with E-state index < -0.39 is 6.04 Å². The van der Waals surface area contributed by atoms with Crippen LogP contribution >= 0.6 is 0 Å². The van der Waals surface area contributed by atoms with Crippen LogP contribution in [0, 0.1) is 0 Å². The first kappa shape index (κ1) is 10.6. The average Bonchev–Trinajstić information content (AvgIpc) is 2.99. The van der Waals surface area contributed by atoms with Crippen LogP contribution in [0.3, 0.4) is 0 Å². The van der Waals surface area contributed by atoms with Gasteiger partial charge in [-0.15, -0.1) is 0 Å². The van der Waals surface area contributed by atoms with Gasteiger partial charge in [-0.3, -0.25) is 19.5 Å². The number of hydrogen-bond donors (Lipinski definition) is 1. The lowest BCUT2D eigenvalue weighted by Gasteiger charge is -2.20. The molecule has 1 atom stereocenters. The van der Waals surface area contributed by atoms with Crippen molar-refractivity contribution in [3.8, 4) is 0 Å². The highest BCUT2D eigenvalue weighted by molar-refractivity contribution is 6.21. The van der Waals surface area contributed by atoms with Crippen molar-refractivity contribution in [1.29, 1.82) is 0 Å². The predicted molar refractivity (Wildman–Crippen MR) is 61.7 cm³/mol. The summed E-state index contributed by atoms with van der Waals surface area (Å²) in [5.74, 6) is -0.0502. The molecule has 0 aliphatic carbocycles. The lowest BCUT2D eigenvalue weighted by molar-refractivity contribution is 0.0589. The van der Waals surface area contributed by atoms with Gasteiger partial charge in [0.05, 0.1) is 17.2 Å². The Morgan fingerprint density at radius 2 is 2.00 bits per heavy atom. The minimum absolute atomic E-state index is 0.304. The molecule has 1 aliphatic rings. The molecule has 0 spiro atoms. The van der Waals surface area contributed by atoms with Crippen LogP contribution in [0.15, 0.2) is 30.9 Å². The summed E-state index contributed by atoms with van der Waals surface area (Å²) in [6.07, 6.45) is 6.17. The molecule has 3 rings (SSSR count). The van der Waals surface area contributed by atoms with Gasteiger partial charge in [0.2, 0.25) is 0 Å². The highest BCUT2D eigenvalue weighted by atomic mass is 16.2. The number of aromatic amines is 1. The number of imidazole rings is 1. The zero-order valence-corrected chi connectivity index (χ0v) is 9.62. The molecular formula is C12H10N4O2. The normalized spacial score (nSPS) is 15.9. The van der Waals surface area contributed by atoms with Crippen LogP contribution in [0.1, 0.15) is 39.5 Å². The summed E-state index contributed by atoms with van der Waals surface area (Å²) in [5.41, 5.74) is 0.745. The van der Waals surface area contributed by atoms with Crippen LogP contribution in [0.25, 0.3) is 0 Å². The van der Waals surface area contributed by atoms with E-state index in [1.165, 1.54) is 17.3 Å². The summed E-state index contributed by atoms with van der Waals surface area (Å²) in [4.78, 5) is 36.4. The number of carbonyl (C=O) groups excluding carboxylic acids is 2. The minimum Gasteiger partial charge on any atom is -0.347 e. The Hall–Kier alpha value is -2.50. The summed E-state index contributed by atoms with van der Waals surface area (Å²) >= 11 is 0. The number of carbonyl (C=O) groups is 2. The van der Waals surface area contributed by atoms with Crippen molar-refractivity contribution in [2.24, 2.45) is 0 Å². The van der Waals surface area contributed by atoms with Crippen LogP contribution in [-0.2, 0) is 0 Å². The van der Waals surface area contributed by atoms with E-state index in [0.717, 1.165) is 0 Å². The molecule has 0 radical (unpaired) electrons. The number of nitrogens with zero attached hydrogens (tertiary/aromatic N) is 3. The molecule has 2 aromatic rings. The number of rotatable bonds is 2. The largest absolute Gasteiger partial charge is 0.347 e. The summed E-state index contributed by atoms with van der Waals surface area (Å²) < 4.78 is 0. The van der Waals surface area contributed by atoms with Crippen molar-refractivity contribution >= 4 is 11.8 Å². The van der Waals surface area contributed by atoms with Gasteiger partial charge in [-0.05, 0) is 13.0 Å². The molecule has 6 nitrogen and oxygen atoms in total. The van der Waals surface area contributed by atoms with E-state index in [1.54, 1.807) is 25.4 Å². The highest BCUT2D eigenvalue weighted by Crippen LogP contribution is 2.28. The fourth-order valence-corrected chi connectivity index (χ4v) is 2.08. The van der Waals surface area contributed by atoms with E-state index in [9.17, 15) is 9.59 Å². The number of hydrogen-bond acceptors (Lipinski definition) is 4. The number of nitrogens with one attached hydrogen (secondary N) is 1. The second-order valence-electron chi connectivity index (χ2n) is 4.05. The van der Waals surface area contributed by atoms with Gasteiger partial charge in [-0.2, -0.15) is 0 Å². The molecule has 1 aliphatic heterocycles. The molecule has 6 heteroatoms. The minimum atomic E-state index is -0.424. The summed E-state index contributed by atoms with van der Waals surface area (Å²) in [6.45, 7) is 1.76. The molecule has 3 heterocycles. The van der Waals surface area contributed by atoms with E-state index in [4.69, 9.17) is 0 Å². The molecule has 0 saturated carbocycles. The van der Waals surface area contributed by atoms with Crippen molar-refractivity contribution in [2.75, 3.05) is 0 Å². The maximum atomic E-state index is 12.2. The SMILES string of the molecule is CC(c1ncc[nH]1)N1C(=O)c2ccncc2C1=O. The van der Waals surface area contributed by atoms with Crippen molar-refractivity contribution in [3.05, 3.63) is 47.8 Å². The Bertz CT molecular complexity index is 586. The van der Waals surface area contributed by atoms with Crippen LogP contribution in [-0.4, -0.2) is 31.7 Å². The zero-order valence-electron chi connectivity index (χ0n) is 9.62. The molecule has 0 aromatic carbocycles. The third-order valence-corrected chi connectivity index (χ3v) is 3.02. The first-order chi connectivity index (χ1) is 8.70. The van der Waals surface area contributed by atoms with E-state index in [0.29, 0.717) is 17.0 Å². The fourth-order valence-electron chi connectivity index (χ4n) is 2.08. The lowest BCUT2D eigenvalue weighted by Crippen LogP contribution is -2.33. The van der Waals surface area contributed by atoms with Crippen LogP contribution < -0.4 is 0 Å². The number of aromatic nitrogens is 3. The quantitative estimate of drug-likeness (QED) is 0.801. The summed E-state index contributed by atoms with van der Waals surface area (Å²) in [7, 11) is 0. The van der Waals surface area contributed by atoms with Gasteiger partial charge in [-0.1, -0.05) is 0 Å². The Morgan fingerprint density at radius 3 is 2.67 bits per heavy atom. The van der Waals surface area contributed by atoms with Gasteiger partial charge in [0.25, 0.3) is 11.8 Å². The summed E-state index contributed by atoms with van der Waals surface area (Å²) in [5, 5.41) is 0. The van der Waals surface area contributed by atoms with E-state index in [-0.39, 0.29) is 11.8 Å². The molecular weight excluding hydrogens is 232 g/mol. The third-order valence-electron chi connectivity index (χ3n) is 3.02. The van der Waals surface area contributed by atoms with Crippen molar-refractivity contribution in [3.63, 3.8) is 0 Å². The Kier molecular flexibility index (Phi) is 2.22. The molecule has 1 N–H and O–H groups in total. The van der Waals surface area contributed by atoms with Crippen LogP contribution in [0.5, 0.6) is 0 Å². The highest BCUT2D eigenvalue weighted by Gasteiger charge is 2.39. The molecule has 2 amide bonds. The molecule has 0 bridgehead atoms.